The van der Waals surface area contributed by atoms with Gasteiger partial charge >= 0.3 is 0 Å². The molecular weight excluding hydrogens is 372 g/mol. The molecular formula is C22H28N2O3S. The fraction of sp³-hybridized carbons (Fsp3) is 0.409. The highest BCUT2D eigenvalue weighted by molar-refractivity contribution is 7.92. The van der Waals surface area contributed by atoms with Gasteiger partial charge in [-0.1, -0.05) is 37.5 Å². The summed E-state index contributed by atoms with van der Waals surface area (Å²) in [7, 11) is -2.12. The van der Waals surface area contributed by atoms with E-state index >= 15 is 0 Å². The van der Waals surface area contributed by atoms with Gasteiger partial charge in [-0.15, -0.1) is 0 Å². The maximum absolute atomic E-state index is 12.8. The summed E-state index contributed by atoms with van der Waals surface area (Å²) >= 11 is 0. The number of amides is 1. The molecule has 0 saturated heterocycles. The molecule has 2 aromatic rings. The van der Waals surface area contributed by atoms with E-state index < -0.39 is 10.0 Å². The van der Waals surface area contributed by atoms with Crippen molar-refractivity contribution in [2.75, 3.05) is 11.4 Å². The quantitative estimate of drug-likeness (QED) is 0.821. The molecule has 0 spiro atoms. The molecule has 28 heavy (non-hydrogen) atoms. The Morgan fingerprint density at radius 2 is 1.68 bits per heavy atom. The molecule has 0 radical (unpaired) electrons. The molecule has 6 heteroatoms. The molecule has 1 fully saturated rings. The Hall–Kier alpha value is -2.34. The minimum Gasteiger partial charge on any atom is -0.349 e. The van der Waals surface area contributed by atoms with Crippen molar-refractivity contribution in [2.45, 2.75) is 50.5 Å². The highest BCUT2D eigenvalue weighted by Gasteiger charge is 2.23. The molecule has 0 bridgehead atoms. The van der Waals surface area contributed by atoms with E-state index in [9.17, 15) is 13.2 Å². The first-order valence-electron chi connectivity index (χ1n) is 9.74. The zero-order chi connectivity index (χ0) is 20.3. The Labute approximate surface area is 167 Å². The third-order valence-corrected chi connectivity index (χ3v) is 7.24. The summed E-state index contributed by atoms with van der Waals surface area (Å²) in [5.41, 5.74) is 2.07. The van der Waals surface area contributed by atoms with Crippen molar-refractivity contribution in [3.8, 4) is 0 Å². The van der Waals surface area contributed by atoms with Gasteiger partial charge < -0.3 is 5.32 Å². The van der Waals surface area contributed by atoms with Gasteiger partial charge in [0.2, 0.25) is 0 Å². The summed E-state index contributed by atoms with van der Waals surface area (Å²) in [5.74, 6) is 0.539. The summed E-state index contributed by atoms with van der Waals surface area (Å²) in [6.45, 7) is 4.13. The Kier molecular flexibility index (Phi) is 6.08. The third-order valence-electron chi connectivity index (χ3n) is 5.44. The molecule has 1 N–H and O–H groups in total. The van der Waals surface area contributed by atoms with Crippen LogP contribution in [0.4, 0.5) is 5.69 Å². The number of sulfonamides is 1. The number of anilines is 1. The molecule has 2 atom stereocenters. The van der Waals surface area contributed by atoms with Crippen LogP contribution in [0.25, 0.3) is 0 Å². The van der Waals surface area contributed by atoms with Gasteiger partial charge in [0.15, 0.2) is 0 Å². The first-order valence-corrected chi connectivity index (χ1v) is 11.2. The summed E-state index contributed by atoms with van der Waals surface area (Å²) in [6.07, 6.45) is 4.41. The smallest absolute Gasteiger partial charge is 0.264 e. The summed E-state index contributed by atoms with van der Waals surface area (Å²) in [6, 6.07) is 13.7. The highest BCUT2D eigenvalue weighted by Crippen LogP contribution is 2.25. The largest absolute Gasteiger partial charge is 0.349 e. The van der Waals surface area contributed by atoms with Crippen LogP contribution in [0.3, 0.4) is 0 Å². The number of hydrogen-bond acceptors (Lipinski definition) is 3. The van der Waals surface area contributed by atoms with E-state index in [4.69, 9.17) is 0 Å². The predicted octanol–water partition coefficient (Wildman–Crippen LogP) is 4.13. The van der Waals surface area contributed by atoms with Crippen LogP contribution >= 0.6 is 0 Å². The number of hydrogen-bond donors (Lipinski definition) is 1. The molecule has 1 saturated carbocycles. The van der Waals surface area contributed by atoms with Crippen LogP contribution in [0.2, 0.25) is 0 Å². The van der Waals surface area contributed by atoms with Gasteiger partial charge in [-0.2, -0.15) is 0 Å². The van der Waals surface area contributed by atoms with Gasteiger partial charge in [0, 0.05) is 18.7 Å². The lowest BCUT2D eigenvalue weighted by Crippen LogP contribution is -2.38. The topological polar surface area (TPSA) is 66.5 Å². The Morgan fingerprint density at radius 3 is 2.29 bits per heavy atom. The lowest BCUT2D eigenvalue weighted by atomic mass is 9.87. The summed E-state index contributed by atoms with van der Waals surface area (Å²) < 4.78 is 26.8. The van der Waals surface area contributed by atoms with Gasteiger partial charge in [-0.05, 0) is 62.1 Å². The number of rotatable bonds is 5. The van der Waals surface area contributed by atoms with Gasteiger partial charge in [0.25, 0.3) is 15.9 Å². The van der Waals surface area contributed by atoms with Gasteiger partial charge in [-0.25, -0.2) is 8.42 Å². The normalized spacial score (nSPS) is 19.8. The van der Waals surface area contributed by atoms with Crippen molar-refractivity contribution in [3.63, 3.8) is 0 Å². The van der Waals surface area contributed by atoms with Crippen LogP contribution in [0.5, 0.6) is 0 Å². The maximum Gasteiger partial charge on any atom is 0.264 e. The number of nitrogens with zero attached hydrogens (tertiary/aromatic N) is 1. The molecule has 2 aromatic carbocycles. The first kappa shape index (κ1) is 20.4. The molecule has 0 aliphatic heterocycles. The van der Waals surface area contributed by atoms with Crippen molar-refractivity contribution < 1.29 is 13.2 Å². The average molecular weight is 401 g/mol. The molecule has 1 aliphatic carbocycles. The monoisotopic (exact) mass is 400 g/mol. The molecule has 0 aromatic heterocycles. The van der Waals surface area contributed by atoms with E-state index in [-0.39, 0.29) is 16.8 Å². The Morgan fingerprint density at radius 1 is 1.04 bits per heavy atom. The van der Waals surface area contributed by atoms with E-state index in [0.29, 0.717) is 17.2 Å². The third kappa shape index (κ3) is 4.55. The molecule has 0 heterocycles. The van der Waals surface area contributed by atoms with Gasteiger partial charge in [0.05, 0.1) is 10.6 Å². The number of carbonyl (C=O) groups is 1. The average Bonchev–Trinajstić information content (AvgIpc) is 2.68. The first-order chi connectivity index (χ1) is 13.3. The van der Waals surface area contributed by atoms with Crippen molar-refractivity contribution in [3.05, 3.63) is 59.7 Å². The van der Waals surface area contributed by atoms with E-state index in [1.54, 1.807) is 48.5 Å². The maximum atomic E-state index is 12.8. The lowest BCUT2D eigenvalue weighted by Gasteiger charge is -2.27. The predicted molar refractivity (Wildman–Crippen MR) is 112 cm³/mol. The lowest BCUT2D eigenvalue weighted by molar-refractivity contribution is 0.0921. The number of nitrogens with one attached hydrogen (secondary N) is 1. The molecule has 1 amide bonds. The summed E-state index contributed by atoms with van der Waals surface area (Å²) in [4.78, 5) is 12.8. The molecule has 5 nitrogen and oxygen atoms in total. The Balaban J connectivity index is 1.71. The standard InChI is InChI=1S/C22H28N2O3S/c1-16-7-13-21(14-8-16)28(26,27)24(3)20-11-9-18(10-12-20)22(25)23-19-6-4-5-17(2)15-19/h7-14,17,19H,4-6,15H2,1-3H3,(H,23,25). The fourth-order valence-corrected chi connectivity index (χ4v) is 4.86. The molecule has 3 rings (SSSR count). The van der Waals surface area contributed by atoms with Crippen molar-refractivity contribution >= 4 is 21.6 Å². The molecule has 150 valence electrons. The van der Waals surface area contributed by atoms with Crippen LogP contribution in [-0.2, 0) is 10.0 Å². The second kappa shape index (κ2) is 8.35. The second-order valence-electron chi connectivity index (χ2n) is 7.77. The SMILES string of the molecule is Cc1ccc(S(=O)(=O)N(C)c2ccc(C(=O)NC3CCCC(C)C3)cc2)cc1. The van der Waals surface area contributed by atoms with E-state index in [1.165, 1.54) is 17.8 Å². The van der Waals surface area contributed by atoms with Crippen molar-refractivity contribution in [1.29, 1.82) is 0 Å². The van der Waals surface area contributed by atoms with Crippen LogP contribution < -0.4 is 9.62 Å². The summed E-state index contributed by atoms with van der Waals surface area (Å²) in [5, 5.41) is 3.10. The number of benzene rings is 2. The molecule has 1 aliphatic rings. The number of carbonyl (C=O) groups excluding carboxylic acids is 1. The van der Waals surface area contributed by atoms with Gasteiger partial charge in [-0.3, -0.25) is 9.10 Å². The highest BCUT2D eigenvalue weighted by atomic mass is 32.2. The van der Waals surface area contributed by atoms with Crippen molar-refractivity contribution in [1.82, 2.24) is 5.32 Å². The van der Waals surface area contributed by atoms with Crippen LogP contribution in [0.1, 0.15) is 48.5 Å². The second-order valence-corrected chi connectivity index (χ2v) is 9.74. The number of aryl methyl sites for hydroxylation is 1. The molecule has 2 unspecified atom stereocenters. The minimum atomic E-state index is -3.64. The van der Waals surface area contributed by atoms with E-state index in [2.05, 4.69) is 12.2 Å². The van der Waals surface area contributed by atoms with Crippen molar-refractivity contribution in [2.24, 2.45) is 5.92 Å². The van der Waals surface area contributed by atoms with E-state index in [0.717, 1.165) is 24.8 Å². The van der Waals surface area contributed by atoms with Gasteiger partial charge in [0.1, 0.15) is 0 Å². The van der Waals surface area contributed by atoms with E-state index in [1.807, 2.05) is 6.92 Å². The fourth-order valence-electron chi connectivity index (χ4n) is 3.66. The minimum absolute atomic E-state index is 0.102. The van der Waals surface area contributed by atoms with Crippen LogP contribution in [-0.4, -0.2) is 27.4 Å². The Bertz CT molecular complexity index is 921. The zero-order valence-electron chi connectivity index (χ0n) is 16.7. The van der Waals surface area contributed by atoms with Crippen LogP contribution in [0.15, 0.2) is 53.4 Å². The zero-order valence-corrected chi connectivity index (χ0v) is 17.5. The van der Waals surface area contributed by atoms with Crippen LogP contribution in [0, 0.1) is 12.8 Å².